The molecule has 0 heterocycles. The zero-order chi connectivity index (χ0) is 8.20. The van der Waals surface area contributed by atoms with E-state index in [9.17, 15) is 0 Å². The fourth-order valence-electron chi connectivity index (χ4n) is 0.869. The molecule has 0 aliphatic heterocycles. The molecule has 0 nitrogen and oxygen atoms in total. The van der Waals surface area contributed by atoms with Gasteiger partial charge in [0, 0.05) is 0 Å². The zero-order valence-electron chi connectivity index (χ0n) is 8.70. The molecule has 0 aromatic heterocycles. The van der Waals surface area contributed by atoms with Gasteiger partial charge in [-0.15, -0.1) is 0 Å². The standard InChI is InChI=1S/C10H21.Y/c1-6-7-8-10(4,5)9(2)3;/h6-8H2,1-5H3;/q-1;+3. The predicted octanol–water partition coefficient (Wildman–Crippen LogP) is 3.81. The van der Waals surface area contributed by atoms with Crippen LogP contribution in [0.5, 0.6) is 0 Å². The maximum Gasteiger partial charge on any atom is 3.00 e. The van der Waals surface area contributed by atoms with E-state index < -0.39 is 0 Å². The van der Waals surface area contributed by atoms with Gasteiger partial charge in [-0.05, 0) is 0 Å². The molecule has 0 radical (unpaired) electrons. The molecule has 0 saturated carbocycles. The second-order valence-electron chi connectivity index (χ2n) is 3.99. The third-order valence-corrected chi connectivity index (χ3v) is 2.51. The van der Waals surface area contributed by atoms with Crippen molar-refractivity contribution < 1.29 is 32.7 Å². The van der Waals surface area contributed by atoms with Crippen molar-refractivity contribution >= 4 is 0 Å². The smallest absolute Gasteiger partial charge is 0.314 e. The van der Waals surface area contributed by atoms with Crippen molar-refractivity contribution in [2.75, 3.05) is 0 Å². The quantitative estimate of drug-likeness (QED) is 0.644. The molecule has 62 valence electrons. The number of rotatable bonds is 4. The van der Waals surface area contributed by atoms with Crippen LogP contribution in [0.3, 0.4) is 0 Å². The molecule has 0 amide bonds. The van der Waals surface area contributed by atoms with E-state index in [2.05, 4.69) is 34.6 Å². The summed E-state index contributed by atoms with van der Waals surface area (Å²) in [4.78, 5) is 0. The normalized spacial score (nSPS) is 11.5. The minimum absolute atomic E-state index is 0. The third kappa shape index (κ3) is 6.28. The summed E-state index contributed by atoms with van der Waals surface area (Å²) in [6.07, 6.45) is 4.01. The van der Waals surface area contributed by atoms with Crippen LogP contribution in [0.15, 0.2) is 0 Å². The first-order chi connectivity index (χ1) is 4.50. The molecule has 0 aromatic rings. The summed E-state index contributed by atoms with van der Waals surface area (Å²) in [7, 11) is 0. The van der Waals surface area contributed by atoms with Gasteiger partial charge < -0.3 is 5.92 Å². The molecule has 0 atom stereocenters. The SMILES string of the molecule is CCCCC(C)(C)[C-](C)C.[Y+3]. The topological polar surface area (TPSA) is 0 Å². The molecule has 0 spiro atoms. The molecule has 0 saturated heterocycles. The van der Waals surface area contributed by atoms with Gasteiger partial charge in [-0.25, -0.2) is 0 Å². The van der Waals surface area contributed by atoms with Gasteiger partial charge in [0.15, 0.2) is 0 Å². The van der Waals surface area contributed by atoms with E-state index in [-0.39, 0.29) is 32.7 Å². The monoisotopic (exact) mass is 230 g/mol. The van der Waals surface area contributed by atoms with Gasteiger partial charge in [-0.3, -0.25) is 0 Å². The van der Waals surface area contributed by atoms with Crippen LogP contribution in [-0.4, -0.2) is 0 Å². The summed E-state index contributed by atoms with van der Waals surface area (Å²) < 4.78 is 0. The van der Waals surface area contributed by atoms with Crippen LogP contribution in [0.1, 0.15) is 53.9 Å². The van der Waals surface area contributed by atoms with Crippen LogP contribution in [-0.2, 0) is 32.7 Å². The molecular weight excluding hydrogens is 209 g/mol. The van der Waals surface area contributed by atoms with Gasteiger partial charge in [0.1, 0.15) is 0 Å². The van der Waals surface area contributed by atoms with Crippen LogP contribution in [0, 0.1) is 11.3 Å². The fourth-order valence-corrected chi connectivity index (χ4v) is 0.869. The molecule has 0 bridgehead atoms. The first kappa shape index (κ1) is 14.6. The van der Waals surface area contributed by atoms with Crippen molar-refractivity contribution in [3.63, 3.8) is 0 Å². The van der Waals surface area contributed by atoms with Gasteiger partial charge in [0.25, 0.3) is 0 Å². The van der Waals surface area contributed by atoms with Gasteiger partial charge in [-0.2, -0.15) is 19.3 Å². The van der Waals surface area contributed by atoms with Crippen molar-refractivity contribution in [3.8, 4) is 0 Å². The maximum absolute atomic E-state index is 2.33. The van der Waals surface area contributed by atoms with Gasteiger partial charge >= 0.3 is 32.7 Å². The molecule has 1 heteroatoms. The summed E-state index contributed by atoms with van der Waals surface area (Å²) >= 11 is 0. The summed E-state index contributed by atoms with van der Waals surface area (Å²) in [6, 6.07) is 0. The van der Waals surface area contributed by atoms with Crippen molar-refractivity contribution in [3.05, 3.63) is 5.92 Å². The van der Waals surface area contributed by atoms with Crippen LogP contribution in [0.25, 0.3) is 0 Å². The largest absolute Gasteiger partial charge is 3.00 e. The van der Waals surface area contributed by atoms with E-state index >= 15 is 0 Å². The second-order valence-corrected chi connectivity index (χ2v) is 3.99. The number of hydrogen-bond acceptors (Lipinski definition) is 0. The van der Waals surface area contributed by atoms with E-state index in [0.717, 1.165) is 0 Å². The molecule has 0 N–H and O–H groups in total. The average molecular weight is 230 g/mol. The van der Waals surface area contributed by atoms with Crippen LogP contribution >= 0.6 is 0 Å². The van der Waals surface area contributed by atoms with Crippen LogP contribution < -0.4 is 0 Å². The summed E-state index contributed by atoms with van der Waals surface area (Å²) in [5, 5.41) is 0. The summed E-state index contributed by atoms with van der Waals surface area (Å²) in [5.41, 5.74) is 0.468. The van der Waals surface area contributed by atoms with Crippen molar-refractivity contribution in [2.45, 2.75) is 53.9 Å². The van der Waals surface area contributed by atoms with Crippen LogP contribution in [0.4, 0.5) is 0 Å². The van der Waals surface area contributed by atoms with Gasteiger partial charge in [-0.1, -0.05) is 40.0 Å². The number of hydrogen-bond donors (Lipinski definition) is 0. The Balaban J connectivity index is 0. The molecule has 0 aromatic carbocycles. The zero-order valence-corrected chi connectivity index (χ0v) is 11.5. The first-order valence-corrected chi connectivity index (χ1v) is 4.31. The molecule has 0 fully saturated rings. The van der Waals surface area contributed by atoms with Gasteiger partial charge in [0.2, 0.25) is 0 Å². The van der Waals surface area contributed by atoms with Crippen molar-refractivity contribution in [1.82, 2.24) is 0 Å². The van der Waals surface area contributed by atoms with E-state index in [1.54, 1.807) is 5.92 Å². The van der Waals surface area contributed by atoms with Gasteiger partial charge in [0.05, 0.1) is 0 Å². The number of unbranched alkanes of at least 4 members (excludes halogenated alkanes) is 1. The Morgan fingerprint density at radius 2 is 1.64 bits per heavy atom. The van der Waals surface area contributed by atoms with E-state index in [1.165, 1.54) is 19.3 Å². The Morgan fingerprint density at radius 3 is 1.91 bits per heavy atom. The second kappa shape index (κ2) is 6.60. The Morgan fingerprint density at radius 1 is 1.18 bits per heavy atom. The van der Waals surface area contributed by atoms with E-state index in [0.29, 0.717) is 5.41 Å². The first-order valence-electron chi connectivity index (χ1n) is 4.31. The molecule has 0 unspecified atom stereocenters. The van der Waals surface area contributed by atoms with Crippen LogP contribution in [0.2, 0.25) is 0 Å². The average Bonchev–Trinajstić information content (AvgIpc) is 1.84. The van der Waals surface area contributed by atoms with Crippen molar-refractivity contribution in [2.24, 2.45) is 5.41 Å². The Bertz CT molecular complexity index is 84.9. The predicted molar refractivity (Wildman–Crippen MR) is 47.9 cm³/mol. The Kier molecular flexibility index (Phi) is 8.77. The molecule has 11 heavy (non-hydrogen) atoms. The third-order valence-electron chi connectivity index (χ3n) is 2.51. The van der Waals surface area contributed by atoms with E-state index in [4.69, 9.17) is 0 Å². The summed E-state index contributed by atoms with van der Waals surface area (Å²) in [5.74, 6) is 1.56. The Labute approximate surface area is 97.4 Å². The van der Waals surface area contributed by atoms with Crippen molar-refractivity contribution in [1.29, 1.82) is 0 Å². The molecule has 0 rings (SSSR count). The summed E-state index contributed by atoms with van der Waals surface area (Å²) in [6.45, 7) is 11.4. The minimum Gasteiger partial charge on any atom is -0.314 e. The maximum atomic E-state index is 2.33. The Hall–Kier alpha value is 1.10. The minimum atomic E-state index is 0. The fraction of sp³-hybridized carbons (Fsp3) is 0.900. The molecule has 0 aliphatic carbocycles. The van der Waals surface area contributed by atoms with E-state index in [1.807, 2.05) is 0 Å². The molecule has 0 aliphatic rings. The molecular formula is C10H21Y+2.